The third kappa shape index (κ3) is 4.90. The monoisotopic (exact) mass is 471 g/mol. The lowest BCUT2D eigenvalue weighted by Gasteiger charge is -2.35. The largest absolute Gasteiger partial charge is 0.377 e. The number of ketones is 1. The summed E-state index contributed by atoms with van der Waals surface area (Å²) in [4.78, 5) is 43.1. The highest BCUT2D eigenvalue weighted by atomic mass is 16.5. The normalized spacial score (nSPS) is 27.0. The molecule has 1 aromatic rings. The minimum atomic E-state index is -0.793. The van der Waals surface area contributed by atoms with Gasteiger partial charge in [0.25, 0.3) is 5.91 Å². The average molecular weight is 472 g/mol. The molecule has 3 fully saturated rings. The molecule has 4 atom stereocenters. The van der Waals surface area contributed by atoms with Gasteiger partial charge in [0.1, 0.15) is 30.9 Å². The standard InChI is InChI=1S/C26H37N3O5/c1-26(2,3)23(25(32)29-14-20(33-5)22-21(29)19(30)15-34-22)27-24(31)18-8-6-16(7-9-18)17-10-12-28(4)13-11-17/h6-9,17,20-23H,10-15H2,1-5H3,(H,27,31)/t20-,21-,22-,23-/m1/s1. The van der Waals surface area contributed by atoms with Gasteiger partial charge in [-0.1, -0.05) is 32.9 Å². The van der Waals surface area contributed by atoms with Crippen LogP contribution in [0.3, 0.4) is 0 Å². The number of carbonyl (C=O) groups excluding carboxylic acids is 3. The summed E-state index contributed by atoms with van der Waals surface area (Å²) < 4.78 is 11.1. The van der Waals surface area contributed by atoms with Crippen molar-refractivity contribution >= 4 is 17.6 Å². The van der Waals surface area contributed by atoms with E-state index in [0.29, 0.717) is 11.5 Å². The molecule has 0 bridgehead atoms. The van der Waals surface area contributed by atoms with E-state index in [9.17, 15) is 14.4 Å². The minimum Gasteiger partial charge on any atom is -0.377 e. The summed E-state index contributed by atoms with van der Waals surface area (Å²) in [5, 5.41) is 2.95. The van der Waals surface area contributed by atoms with Crippen LogP contribution >= 0.6 is 0 Å². The molecule has 0 aliphatic carbocycles. The Kier molecular flexibility index (Phi) is 7.12. The van der Waals surface area contributed by atoms with Gasteiger partial charge in [0.05, 0.1) is 6.54 Å². The highest BCUT2D eigenvalue weighted by molar-refractivity contribution is 5.99. The maximum Gasteiger partial charge on any atom is 0.251 e. The van der Waals surface area contributed by atoms with E-state index in [2.05, 4.69) is 17.3 Å². The van der Waals surface area contributed by atoms with Crippen molar-refractivity contribution in [2.75, 3.05) is 40.4 Å². The van der Waals surface area contributed by atoms with Gasteiger partial charge in [0.2, 0.25) is 5.91 Å². The number of carbonyl (C=O) groups is 3. The van der Waals surface area contributed by atoms with Crippen LogP contribution in [0.1, 0.15) is 55.5 Å². The van der Waals surface area contributed by atoms with E-state index in [1.165, 1.54) is 10.5 Å². The molecular formula is C26H37N3O5. The molecule has 3 aliphatic rings. The van der Waals surface area contributed by atoms with E-state index >= 15 is 0 Å². The number of nitrogens with one attached hydrogen (secondary N) is 1. The van der Waals surface area contributed by atoms with Crippen LogP contribution in [0.25, 0.3) is 0 Å². The fourth-order valence-corrected chi connectivity index (χ4v) is 5.32. The molecular weight excluding hydrogens is 434 g/mol. The van der Waals surface area contributed by atoms with Gasteiger partial charge >= 0.3 is 0 Å². The Balaban J connectivity index is 1.48. The van der Waals surface area contributed by atoms with Gasteiger partial charge in [-0.15, -0.1) is 0 Å². The van der Waals surface area contributed by atoms with Gasteiger partial charge in [-0.25, -0.2) is 0 Å². The molecule has 8 heteroatoms. The van der Waals surface area contributed by atoms with Gasteiger partial charge in [-0.3, -0.25) is 14.4 Å². The first-order chi connectivity index (χ1) is 16.1. The molecule has 3 saturated heterocycles. The lowest BCUT2D eigenvalue weighted by atomic mass is 9.85. The predicted molar refractivity (Wildman–Crippen MR) is 128 cm³/mol. The highest BCUT2D eigenvalue weighted by Gasteiger charge is 2.54. The Bertz CT molecular complexity index is 917. The fourth-order valence-electron chi connectivity index (χ4n) is 5.32. The number of piperidine rings is 1. The summed E-state index contributed by atoms with van der Waals surface area (Å²) in [5.41, 5.74) is 1.22. The quantitative estimate of drug-likeness (QED) is 0.705. The summed E-state index contributed by atoms with van der Waals surface area (Å²) in [7, 11) is 3.70. The Morgan fingerprint density at radius 1 is 1.15 bits per heavy atom. The lowest BCUT2D eigenvalue weighted by molar-refractivity contribution is -0.140. The van der Waals surface area contributed by atoms with Crippen LogP contribution < -0.4 is 5.32 Å². The van der Waals surface area contributed by atoms with Crippen molar-refractivity contribution in [2.24, 2.45) is 5.41 Å². The van der Waals surface area contributed by atoms with Gasteiger partial charge in [-0.2, -0.15) is 0 Å². The number of amides is 2. The van der Waals surface area contributed by atoms with Crippen LogP contribution in [0.15, 0.2) is 24.3 Å². The Morgan fingerprint density at radius 3 is 2.38 bits per heavy atom. The van der Waals surface area contributed by atoms with Crippen molar-refractivity contribution < 1.29 is 23.9 Å². The molecule has 186 valence electrons. The maximum atomic E-state index is 13.6. The Hall–Kier alpha value is -2.29. The first kappa shape index (κ1) is 24.8. The van der Waals surface area contributed by atoms with E-state index in [-0.39, 0.29) is 36.9 Å². The van der Waals surface area contributed by atoms with Gasteiger partial charge in [0, 0.05) is 12.7 Å². The van der Waals surface area contributed by atoms with Crippen molar-refractivity contribution in [3.05, 3.63) is 35.4 Å². The number of likely N-dealkylation sites (tertiary alicyclic amines) is 2. The molecule has 34 heavy (non-hydrogen) atoms. The summed E-state index contributed by atoms with van der Waals surface area (Å²) >= 11 is 0. The van der Waals surface area contributed by atoms with Gasteiger partial charge in [0.15, 0.2) is 5.78 Å². The van der Waals surface area contributed by atoms with Crippen molar-refractivity contribution in [1.82, 2.24) is 15.1 Å². The topological polar surface area (TPSA) is 88.2 Å². The second kappa shape index (κ2) is 9.76. The molecule has 0 aromatic heterocycles. The Labute approximate surface area is 201 Å². The van der Waals surface area contributed by atoms with Crippen molar-refractivity contribution in [3.63, 3.8) is 0 Å². The van der Waals surface area contributed by atoms with Crippen molar-refractivity contribution in [1.29, 1.82) is 0 Å². The van der Waals surface area contributed by atoms with Crippen molar-refractivity contribution in [3.8, 4) is 0 Å². The zero-order valence-electron chi connectivity index (χ0n) is 20.9. The molecule has 2 amide bonds. The summed E-state index contributed by atoms with van der Waals surface area (Å²) in [6.07, 6.45) is 1.42. The third-order valence-electron chi connectivity index (χ3n) is 7.48. The van der Waals surface area contributed by atoms with E-state index in [1.54, 1.807) is 7.11 Å². The number of Topliss-reactive ketones (excluding diaryl/α,β-unsaturated/α-hetero) is 1. The highest BCUT2D eigenvalue weighted by Crippen LogP contribution is 2.32. The van der Waals surface area contributed by atoms with E-state index < -0.39 is 23.6 Å². The first-order valence-corrected chi connectivity index (χ1v) is 12.2. The van der Waals surface area contributed by atoms with Crippen LogP contribution in [-0.4, -0.2) is 92.1 Å². The molecule has 0 saturated carbocycles. The molecule has 1 N–H and O–H groups in total. The second-order valence-electron chi connectivity index (χ2n) is 10.9. The summed E-state index contributed by atoms with van der Waals surface area (Å²) in [6.45, 7) is 8.14. The van der Waals surface area contributed by atoms with E-state index in [1.807, 2.05) is 45.0 Å². The van der Waals surface area contributed by atoms with E-state index in [4.69, 9.17) is 9.47 Å². The molecule has 3 heterocycles. The number of nitrogens with zero attached hydrogens (tertiary/aromatic N) is 2. The number of fused-ring (bicyclic) bond motifs is 1. The average Bonchev–Trinajstić information content (AvgIpc) is 3.37. The van der Waals surface area contributed by atoms with Crippen LogP contribution in [0.4, 0.5) is 0 Å². The van der Waals surface area contributed by atoms with Crippen LogP contribution in [0, 0.1) is 5.41 Å². The molecule has 0 spiro atoms. The molecule has 4 rings (SSSR count). The van der Waals surface area contributed by atoms with Crippen molar-refractivity contribution in [2.45, 2.75) is 63.8 Å². The minimum absolute atomic E-state index is 0.0187. The Morgan fingerprint density at radius 2 is 1.79 bits per heavy atom. The SMILES string of the molecule is CO[C@@H]1CN(C(=O)[C@@H](NC(=O)c2ccc(C3CCN(C)CC3)cc2)C(C)(C)C)[C@@H]2C(=O)CO[C@@H]21. The maximum absolute atomic E-state index is 13.6. The number of hydrogen-bond donors (Lipinski definition) is 1. The molecule has 1 aromatic carbocycles. The number of ether oxygens (including phenoxy) is 2. The second-order valence-corrected chi connectivity index (χ2v) is 10.9. The molecule has 0 radical (unpaired) electrons. The third-order valence-corrected chi connectivity index (χ3v) is 7.48. The van der Waals surface area contributed by atoms with Crippen LogP contribution in [0.5, 0.6) is 0 Å². The fraction of sp³-hybridized carbons (Fsp3) is 0.654. The number of methoxy groups -OCH3 is 1. The first-order valence-electron chi connectivity index (χ1n) is 12.2. The molecule has 3 aliphatic heterocycles. The predicted octanol–water partition coefficient (Wildman–Crippen LogP) is 1.83. The summed E-state index contributed by atoms with van der Waals surface area (Å²) in [5.74, 6) is -0.185. The van der Waals surface area contributed by atoms with Gasteiger partial charge in [-0.05, 0) is 62.0 Å². The summed E-state index contributed by atoms with van der Waals surface area (Å²) in [6, 6.07) is 6.29. The molecule has 0 unspecified atom stereocenters. The van der Waals surface area contributed by atoms with Gasteiger partial charge < -0.3 is 24.6 Å². The number of rotatable bonds is 5. The lowest BCUT2D eigenvalue weighted by Crippen LogP contribution is -2.57. The smallest absolute Gasteiger partial charge is 0.251 e. The zero-order valence-corrected chi connectivity index (χ0v) is 20.9. The molecule has 8 nitrogen and oxygen atoms in total. The number of benzene rings is 1. The van der Waals surface area contributed by atoms with Crippen LogP contribution in [-0.2, 0) is 19.1 Å². The van der Waals surface area contributed by atoms with Crippen LogP contribution in [0.2, 0.25) is 0 Å². The zero-order chi connectivity index (χ0) is 24.6. The number of hydrogen-bond acceptors (Lipinski definition) is 6. The van der Waals surface area contributed by atoms with E-state index in [0.717, 1.165) is 25.9 Å².